The molecule has 0 amide bonds. The molecule has 24 heavy (non-hydrogen) atoms. The number of rotatable bonds is 3. The molecule has 1 aliphatic carbocycles. The van der Waals surface area contributed by atoms with Crippen LogP contribution in [0.5, 0.6) is 0 Å². The molecular weight excluding hydrogens is 329 g/mol. The molecule has 1 aromatic rings. The Morgan fingerprint density at radius 3 is 2.42 bits per heavy atom. The maximum absolute atomic E-state index is 14.4. The lowest BCUT2D eigenvalue weighted by atomic mass is 10.0. The molecule has 4 nitrogen and oxygen atoms in total. The Balaban J connectivity index is 2.36. The van der Waals surface area contributed by atoms with Crippen LogP contribution in [0.25, 0.3) is 0 Å². The van der Waals surface area contributed by atoms with Gasteiger partial charge in [0, 0.05) is 5.56 Å². The lowest BCUT2D eigenvalue weighted by molar-refractivity contribution is -0.160. The Morgan fingerprint density at radius 2 is 1.88 bits per heavy atom. The van der Waals surface area contributed by atoms with Crippen molar-refractivity contribution in [1.82, 2.24) is 4.72 Å². The number of fused-ring (bicyclic) bond motifs is 1. The van der Waals surface area contributed by atoms with Crippen molar-refractivity contribution in [2.75, 3.05) is 0 Å². The number of hydrogen-bond acceptors (Lipinski definition) is 3. The van der Waals surface area contributed by atoms with Gasteiger partial charge in [-0.1, -0.05) is 12.1 Å². The lowest BCUT2D eigenvalue weighted by Gasteiger charge is -2.28. The molecule has 6 heteroatoms. The van der Waals surface area contributed by atoms with Crippen LogP contribution in [0.3, 0.4) is 0 Å². The zero-order valence-electron chi connectivity index (χ0n) is 15.1. The molecule has 134 valence electrons. The second-order valence-electron chi connectivity index (χ2n) is 8.13. The number of nitrogens with one attached hydrogen (secondary N) is 1. The summed E-state index contributed by atoms with van der Waals surface area (Å²) in [5.74, 6) is -1.38. The molecule has 0 saturated heterocycles. The number of hydrogen-bond donors (Lipinski definition) is 1. The van der Waals surface area contributed by atoms with Gasteiger partial charge in [-0.05, 0) is 59.6 Å². The summed E-state index contributed by atoms with van der Waals surface area (Å²) in [6.07, 6.45) is 0.376. The molecule has 1 aromatic carbocycles. The van der Waals surface area contributed by atoms with E-state index in [0.717, 1.165) is 5.56 Å². The average Bonchev–Trinajstić information content (AvgIpc) is 2.76. The Labute approximate surface area is 145 Å². The third-order valence-electron chi connectivity index (χ3n) is 3.80. The van der Waals surface area contributed by atoms with Gasteiger partial charge in [0.25, 0.3) is 0 Å². The first kappa shape index (κ1) is 19.1. The molecule has 0 aromatic heterocycles. The predicted octanol–water partition coefficient (Wildman–Crippen LogP) is 3.43. The number of ether oxygens (including phenoxy) is 1. The molecule has 0 spiro atoms. The molecule has 0 radical (unpaired) electrons. The van der Waals surface area contributed by atoms with Gasteiger partial charge in [0.1, 0.15) is 11.4 Å². The van der Waals surface area contributed by atoms with E-state index in [9.17, 15) is 13.4 Å². The Hall–Kier alpha value is -1.27. The van der Waals surface area contributed by atoms with Crippen molar-refractivity contribution < 1.29 is 18.1 Å². The van der Waals surface area contributed by atoms with Crippen molar-refractivity contribution >= 4 is 17.0 Å². The molecule has 0 heterocycles. The van der Waals surface area contributed by atoms with Crippen molar-refractivity contribution in [3.05, 3.63) is 35.1 Å². The van der Waals surface area contributed by atoms with Gasteiger partial charge < -0.3 is 4.74 Å². The first-order valence-electron chi connectivity index (χ1n) is 8.08. The maximum atomic E-state index is 14.4. The van der Waals surface area contributed by atoms with Crippen molar-refractivity contribution in [3.8, 4) is 0 Å². The molecule has 0 aliphatic heterocycles. The molecule has 1 aliphatic rings. The molecule has 1 N–H and O–H groups in total. The predicted molar refractivity (Wildman–Crippen MR) is 93.2 cm³/mol. The van der Waals surface area contributed by atoms with E-state index in [1.165, 1.54) is 6.07 Å². The van der Waals surface area contributed by atoms with Crippen LogP contribution in [-0.2, 0) is 26.9 Å². The summed E-state index contributed by atoms with van der Waals surface area (Å²) in [5, 5.41) is 0. The van der Waals surface area contributed by atoms with E-state index in [1.54, 1.807) is 32.9 Å². The summed E-state index contributed by atoms with van der Waals surface area (Å²) < 4.78 is 34.8. The van der Waals surface area contributed by atoms with Gasteiger partial charge in [0.05, 0.1) is 27.7 Å². The lowest BCUT2D eigenvalue weighted by Crippen LogP contribution is -2.40. The highest BCUT2D eigenvalue weighted by Crippen LogP contribution is 2.39. The van der Waals surface area contributed by atoms with Gasteiger partial charge in [-0.2, -0.15) is 0 Å². The fourth-order valence-electron chi connectivity index (χ4n) is 2.69. The molecule has 0 bridgehead atoms. The quantitative estimate of drug-likeness (QED) is 0.845. The van der Waals surface area contributed by atoms with E-state index < -0.39 is 39.3 Å². The van der Waals surface area contributed by atoms with Crippen LogP contribution in [0.15, 0.2) is 18.2 Å². The van der Waals surface area contributed by atoms with Gasteiger partial charge in [0.2, 0.25) is 0 Å². The molecule has 0 saturated carbocycles. The highest BCUT2D eigenvalue weighted by molar-refractivity contribution is 7.84. The zero-order chi connectivity index (χ0) is 18.3. The van der Waals surface area contributed by atoms with E-state index in [1.807, 2.05) is 20.8 Å². The molecule has 0 fully saturated rings. The van der Waals surface area contributed by atoms with Crippen LogP contribution in [-0.4, -0.2) is 20.5 Å². The normalized spacial score (nSPS) is 22.1. The Bertz CT molecular complexity index is 661. The van der Waals surface area contributed by atoms with Crippen LogP contribution in [0.1, 0.15) is 58.7 Å². The highest BCUT2D eigenvalue weighted by atomic mass is 32.2. The van der Waals surface area contributed by atoms with Gasteiger partial charge in [-0.3, -0.25) is 4.79 Å². The fraction of sp³-hybridized carbons (Fsp3) is 0.611. The van der Waals surface area contributed by atoms with Gasteiger partial charge >= 0.3 is 5.97 Å². The van der Waals surface area contributed by atoms with Crippen LogP contribution in [0, 0.1) is 11.7 Å². The number of benzene rings is 1. The smallest absolute Gasteiger partial charge is 0.311 e. The number of esters is 1. The summed E-state index contributed by atoms with van der Waals surface area (Å²) in [4.78, 5) is 12.6. The topological polar surface area (TPSA) is 55.4 Å². The van der Waals surface area contributed by atoms with Crippen LogP contribution in [0.4, 0.5) is 4.39 Å². The average molecular weight is 355 g/mol. The second kappa shape index (κ2) is 6.56. The minimum absolute atomic E-state index is 0.376. The van der Waals surface area contributed by atoms with E-state index in [-0.39, 0.29) is 5.82 Å². The first-order valence-corrected chi connectivity index (χ1v) is 9.23. The minimum atomic E-state index is -1.43. The summed E-state index contributed by atoms with van der Waals surface area (Å²) >= 11 is 0. The van der Waals surface area contributed by atoms with Crippen LogP contribution >= 0.6 is 0 Å². The Morgan fingerprint density at radius 1 is 1.25 bits per heavy atom. The molecule has 3 atom stereocenters. The number of carbonyl (C=O) groups is 1. The summed E-state index contributed by atoms with van der Waals surface area (Å²) in [6, 6.07) is 4.14. The third-order valence-corrected chi connectivity index (χ3v) is 5.38. The summed E-state index contributed by atoms with van der Waals surface area (Å²) in [5.41, 5.74) is 0.554. The number of carbonyl (C=O) groups excluding carboxylic acids is 1. The Kier molecular flexibility index (Phi) is 5.21. The van der Waals surface area contributed by atoms with E-state index in [2.05, 4.69) is 4.72 Å². The summed E-state index contributed by atoms with van der Waals surface area (Å²) in [6.45, 7) is 10.9. The van der Waals surface area contributed by atoms with Gasteiger partial charge in [0.15, 0.2) is 0 Å². The largest absolute Gasteiger partial charge is 0.460 e. The second-order valence-corrected chi connectivity index (χ2v) is 10.1. The van der Waals surface area contributed by atoms with Crippen molar-refractivity contribution in [1.29, 1.82) is 0 Å². The number of halogens is 1. The van der Waals surface area contributed by atoms with Crippen molar-refractivity contribution in [2.45, 2.75) is 64.4 Å². The fourth-order valence-corrected chi connectivity index (χ4v) is 3.56. The third kappa shape index (κ3) is 4.22. The van der Waals surface area contributed by atoms with Crippen molar-refractivity contribution in [2.24, 2.45) is 5.92 Å². The highest BCUT2D eigenvalue weighted by Gasteiger charge is 2.42. The van der Waals surface area contributed by atoms with Gasteiger partial charge in [-0.25, -0.2) is 13.3 Å². The van der Waals surface area contributed by atoms with Crippen LogP contribution < -0.4 is 4.72 Å². The first-order chi connectivity index (χ1) is 10.9. The standard InChI is InChI=1S/C18H26FNO3S/c1-17(2,3)23-16(21)12-10-11-8-7-9-13(19)14(11)15(12)20-24(22)18(4,5)6/h7-9,12,15,20H,10H2,1-6H3/t12-,15-,24-/m0/s1. The van der Waals surface area contributed by atoms with E-state index in [0.29, 0.717) is 12.0 Å². The minimum Gasteiger partial charge on any atom is -0.460 e. The maximum Gasteiger partial charge on any atom is 0.311 e. The van der Waals surface area contributed by atoms with Gasteiger partial charge in [-0.15, -0.1) is 0 Å². The molecule has 0 unspecified atom stereocenters. The van der Waals surface area contributed by atoms with E-state index in [4.69, 9.17) is 4.74 Å². The molecule has 2 rings (SSSR count). The van der Waals surface area contributed by atoms with E-state index >= 15 is 0 Å². The SMILES string of the molecule is CC(C)(C)OC(=O)[C@H]1Cc2cccc(F)c2[C@H]1N[S@@](=O)C(C)(C)C. The molecular formula is C18H26FNO3S. The van der Waals surface area contributed by atoms with Crippen molar-refractivity contribution in [3.63, 3.8) is 0 Å². The summed E-state index contributed by atoms with van der Waals surface area (Å²) in [7, 11) is -1.43. The zero-order valence-corrected chi connectivity index (χ0v) is 15.9. The monoisotopic (exact) mass is 355 g/mol. The van der Waals surface area contributed by atoms with Crippen LogP contribution in [0.2, 0.25) is 0 Å².